The molecule has 122 valence electrons. The van der Waals surface area contributed by atoms with Crippen LogP contribution in [0.3, 0.4) is 0 Å². The van der Waals surface area contributed by atoms with E-state index in [-0.39, 0.29) is 5.91 Å². The fourth-order valence-corrected chi connectivity index (χ4v) is 3.18. The van der Waals surface area contributed by atoms with Crippen LogP contribution in [0.1, 0.15) is 11.1 Å². The zero-order valence-electron chi connectivity index (χ0n) is 13.6. The molecule has 0 saturated carbocycles. The second-order valence-electron chi connectivity index (χ2n) is 5.44. The van der Waals surface area contributed by atoms with Crippen molar-refractivity contribution in [1.82, 2.24) is 10.1 Å². The van der Waals surface area contributed by atoms with E-state index in [0.29, 0.717) is 5.75 Å². The quantitative estimate of drug-likeness (QED) is 0.555. The Morgan fingerprint density at radius 2 is 1.83 bits per heavy atom. The summed E-state index contributed by atoms with van der Waals surface area (Å²) >= 11 is 1.40. The van der Waals surface area contributed by atoms with E-state index >= 15 is 0 Å². The van der Waals surface area contributed by atoms with Gasteiger partial charge in [-0.2, -0.15) is 5.10 Å². The van der Waals surface area contributed by atoms with Crippen LogP contribution in [0.5, 0.6) is 0 Å². The molecule has 2 N–H and O–H groups in total. The molecule has 0 unspecified atom stereocenters. The molecule has 3 aromatic rings. The molecule has 0 spiro atoms. The third-order valence-corrected chi connectivity index (χ3v) is 4.60. The van der Waals surface area contributed by atoms with Crippen molar-refractivity contribution in [2.75, 3.05) is 11.1 Å². The van der Waals surface area contributed by atoms with Crippen LogP contribution in [0.4, 0.5) is 5.69 Å². The van der Waals surface area contributed by atoms with Gasteiger partial charge in [0.25, 0.3) is 0 Å². The predicted molar refractivity (Wildman–Crippen MR) is 95.4 cm³/mol. The van der Waals surface area contributed by atoms with Crippen molar-refractivity contribution in [1.29, 1.82) is 0 Å². The second kappa shape index (κ2) is 7.31. The minimum absolute atomic E-state index is 0.0417. The molecule has 0 aliphatic rings. The minimum atomic E-state index is -0.0417. The number of carbonyl (C=O) groups is 1. The number of hydrogen-bond donors (Lipinski definition) is 2. The molecular formula is C18H19N4OS+. The smallest absolute Gasteiger partial charge is 0.325 e. The summed E-state index contributed by atoms with van der Waals surface area (Å²) in [5.41, 5.74) is 3.99. The maximum absolute atomic E-state index is 12.3. The summed E-state index contributed by atoms with van der Waals surface area (Å²) in [7, 11) is 0. The molecular weight excluding hydrogens is 320 g/mol. The number of rotatable bonds is 5. The average molecular weight is 339 g/mol. The number of aromatic amines is 1. The SMILES string of the molecule is Cc1cccc(C)c1NC(=O)CSc1nc[nH][n+]1-c1ccccc1. The summed E-state index contributed by atoms with van der Waals surface area (Å²) in [6.07, 6.45) is 1.62. The van der Waals surface area contributed by atoms with Gasteiger partial charge in [0.15, 0.2) is 5.69 Å². The fourth-order valence-electron chi connectivity index (χ4n) is 2.44. The lowest BCUT2D eigenvalue weighted by atomic mass is 10.1. The lowest BCUT2D eigenvalue weighted by molar-refractivity contribution is -0.694. The van der Waals surface area contributed by atoms with Crippen LogP contribution in [0.15, 0.2) is 60.0 Å². The van der Waals surface area contributed by atoms with E-state index in [2.05, 4.69) is 15.4 Å². The van der Waals surface area contributed by atoms with E-state index in [1.165, 1.54) is 11.8 Å². The number of nitrogens with one attached hydrogen (secondary N) is 2. The predicted octanol–water partition coefficient (Wildman–Crippen LogP) is 3.03. The molecule has 0 aliphatic carbocycles. The molecule has 0 bridgehead atoms. The molecule has 6 heteroatoms. The van der Waals surface area contributed by atoms with Gasteiger partial charge in [0, 0.05) is 5.69 Å². The van der Waals surface area contributed by atoms with Gasteiger partial charge in [-0.3, -0.25) is 4.79 Å². The Balaban J connectivity index is 1.67. The van der Waals surface area contributed by atoms with E-state index in [9.17, 15) is 4.79 Å². The first-order valence-electron chi connectivity index (χ1n) is 7.65. The number of aromatic nitrogens is 3. The lowest BCUT2D eigenvalue weighted by Crippen LogP contribution is -2.35. The van der Waals surface area contributed by atoms with Crippen molar-refractivity contribution in [2.45, 2.75) is 19.0 Å². The zero-order valence-corrected chi connectivity index (χ0v) is 14.4. The molecule has 0 fully saturated rings. The Bertz CT molecular complexity index is 825. The Labute approximate surface area is 145 Å². The fraction of sp³-hybridized carbons (Fsp3) is 0.167. The number of thioether (sulfide) groups is 1. The highest BCUT2D eigenvalue weighted by Gasteiger charge is 2.18. The number of hydrogen-bond acceptors (Lipinski definition) is 3. The molecule has 0 aliphatic heterocycles. The van der Waals surface area contributed by atoms with Crippen LogP contribution < -0.4 is 10.00 Å². The lowest BCUT2D eigenvalue weighted by Gasteiger charge is -2.10. The van der Waals surface area contributed by atoms with Gasteiger partial charge < -0.3 is 5.32 Å². The molecule has 1 heterocycles. The molecule has 0 atom stereocenters. The molecule has 0 radical (unpaired) electrons. The standard InChI is InChI=1S/C18H18N4OS/c1-13-7-6-8-14(2)17(13)21-16(23)11-24-18-19-12-20-22(18)15-9-4-3-5-10-15/h3-10,12H,11H2,1-2H3,(H,21,23)/p+1. The number of carbonyl (C=O) groups excluding carboxylic acids is 1. The van der Waals surface area contributed by atoms with Crippen molar-refractivity contribution < 1.29 is 9.48 Å². The number of amides is 1. The number of H-pyrrole nitrogens is 1. The second-order valence-corrected chi connectivity index (χ2v) is 6.39. The number of aryl methyl sites for hydroxylation is 2. The summed E-state index contributed by atoms with van der Waals surface area (Å²) in [5.74, 6) is 0.255. The summed E-state index contributed by atoms with van der Waals surface area (Å²) in [6, 6.07) is 15.8. The number of nitrogens with zero attached hydrogens (tertiary/aromatic N) is 2. The molecule has 2 aromatic carbocycles. The number of anilines is 1. The first kappa shape index (κ1) is 16.3. The largest absolute Gasteiger partial charge is 0.385 e. The monoisotopic (exact) mass is 339 g/mol. The van der Waals surface area contributed by atoms with Crippen molar-refractivity contribution in [2.24, 2.45) is 0 Å². The van der Waals surface area contributed by atoms with E-state index in [1.807, 2.05) is 67.1 Å². The van der Waals surface area contributed by atoms with Gasteiger partial charge in [0.1, 0.15) is 0 Å². The Morgan fingerprint density at radius 3 is 2.54 bits per heavy atom. The molecule has 3 rings (SSSR count). The van der Waals surface area contributed by atoms with Crippen LogP contribution in [0.25, 0.3) is 5.69 Å². The Kier molecular flexibility index (Phi) is 4.96. The molecule has 5 nitrogen and oxygen atoms in total. The molecule has 1 amide bonds. The highest BCUT2D eigenvalue weighted by molar-refractivity contribution is 7.99. The third kappa shape index (κ3) is 3.65. The maximum atomic E-state index is 12.3. The highest BCUT2D eigenvalue weighted by atomic mass is 32.2. The third-order valence-electron chi connectivity index (χ3n) is 3.65. The van der Waals surface area contributed by atoms with Crippen LogP contribution >= 0.6 is 11.8 Å². The summed E-state index contributed by atoms with van der Waals surface area (Å²) < 4.78 is 1.86. The highest BCUT2D eigenvalue weighted by Crippen LogP contribution is 2.20. The molecule has 1 aromatic heterocycles. The van der Waals surface area contributed by atoms with Gasteiger partial charge in [-0.25, -0.2) is 0 Å². The van der Waals surface area contributed by atoms with Crippen molar-refractivity contribution in [3.05, 3.63) is 66.0 Å². The zero-order chi connectivity index (χ0) is 16.9. The van der Waals surface area contributed by atoms with E-state index < -0.39 is 0 Å². The normalized spacial score (nSPS) is 10.6. The van der Waals surface area contributed by atoms with Crippen LogP contribution in [-0.4, -0.2) is 21.7 Å². The molecule has 0 saturated heterocycles. The van der Waals surface area contributed by atoms with Gasteiger partial charge >= 0.3 is 5.16 Å². The van der Waals surface area contributed by atoms with E-state index in [1.54, 1.807) is 6.33 Å². The van der Waals surface area contributed by atoms with Crippen molar-refractivity contribution >= 4 is 23.4 Å². The van der Waals surface area contributed by atoms with Crippen LogP contribution in [0.2, 0.25) is 0 Å². The summed E-state index contributed by atoms with van der Waals surface area (Å²) in [4.78, 5) is 16.6. The van der Waals surface area contributed by atoms with Crippen LogP contribution in [-0.2, 0) is 4.79 Å². The molecule has 24 heavy (non-hydrogen) atoms. The van der Waals surface area contributed by atoms with Crippen molar-refractivity contribution in [3.63, 3.8) is 0 Å². The maximum Gasteiger partial charge on any atom is 0.385 e. The summed E-state index contributed by atoms with van der Waals surface area (Å²) in [6.45, 7) is 3.99. The average Bonchev–Trinajstić information content (AvgIpc) is 3.06. The van der Waals surface area contributed by atoms with Gasteiger partial charge in [-0.1, -0.05) is 36.4 Å². The minimum Gasteiger partial charge on any atom is -0.325 e. The van der Waals surface area contributed by atoms with Gasteiger partial charge in [0.05, 0.1) is 5.75 Å². The number of benzene rings is 2. The van der Waals surface area contributed by atoms with E-state index in [0.717, 1.165) is 27.7 Å². The Morgan fingerprint density at radius 1 is 1.12 bits per heavy atom. The van der Waals surface area contributed by atoms with Gasteiger partial charge in [-0.15, -0.1) is 4.68 Å². The Hall–Kier alpha value is -2.60. The first-order chi connectivity index (χ1) is 11.6. The van der Waals surface area contributed by atoms with E-state index in [4.69, 9.17) is 0 Å². The van der Waals surface area contributed by atoms with Gasteiger partial charge in [-0.05, 0) is 53.9 Å². The summed E-state index contributed by atoms with van der Waals surface area (Å²) in [5, 5.41) is 6.81. The van der Waals surface area contributed by atoms with Crippen LogP contribution in [0, 0.1) is 13.8 Å². The van der Waals surface area contributed by atoms with Gasteiger partial charge in [0.2, 0.25) is 12.2 Å². The first-order valence-corrected chi connectivity index (χ1v) is 8.63. The van der Waals surface area contributed by atoms with Crippen molar-refractivity contribution in [3.8, 4) is 5.69 Å². The number of para-hydroxylation sites is 2. The topological polar surface area (TPSA) is 61.7 Å².